The molecule has 0 N–H and O–H groups in total. The smallest absolute Gasteiger partial charge is 0.261 e. The molecule has 3 aromatic rings. The fourth-order valence-electron chi connectivity index (χ4n) is 7.22. The number of methoxy groups -OCH3 is 1. The number of ketones is 1. The monoisotopic (exact) mass is 746 g/mol. The van der Waals surface area contributed by atoms with Gasteiger partial charge in [0, 0.05) is 32.0 Å². The zero-order valence-electron chi connectivity index (χ0n) is 33.7. The number of ether oxygens (including phenoxy) is 3. The Hall–Kier alpha value is -2.60. The van der Waals surface area contributed by atoms with Crippen LogP contribution in [0.5, 0.6) is 5.75 Å². The van der Waals surface area contributed by atoms with E-state index in [2.05, 4.69) is 122 Å². The Morgan fingerprint density at radius 3 is 1.94 bits per heavy atom. The Morgan fingerprint density at radius 1 is 0.808 bits per heavy atom. The third kappa shape index (κ3) is 11.0. The summed E-state index contributed by atoms with van der Waals surface area (Å²) in [6.07, 6.45) is 3.99. The number of carbonyl (C=O) groups is 1. The number of rotatable bonds is 18. The summed E-state index contributed by atoms with van der Waals surface area (Å²) in [5.41, 5.74) is 1.09. The summed E-state index contributed by atoms with van der Waals surface area (Å²) in [5, 5.41) is 2.62. The van der Waals surface area contributed by atoms with Gasteiger partial charge in [-0.1, -0.05) is 121 Å². The van der Waals surface area contributed by atoms with Gasteiger partial charge in [0.1, 0.15) is 11.5 Å². The third-order valence-electron chi connectivity index (χ3n) is 11.3. The van der Waals surface area contributed by atoms with E-state index in [4.69, 9.17) is 23.1 Å². The maximum atomic E-state index is 13.3. The van der Waals surface area contributed by atoms with Gasteiger partial charge < -0.3 is 23.1 Å². The summed E-state index contributed by atoms with van der Waals surface area (Å²) in [5.74, 6) is 1.28. The Labute approximate surface area is 317 Å². The summed E-state index contributed by atoms with van der Waals surface area (Å²) in [6, 6.07) is 29.6. The second-order valence-electron chi connectivity index (χ2n) is 17.2. The van der Waals surface area contributed by atoms with Crippen LogP contribution in [-0.2, 0) is 29.7 Å². The van der Waals surface area contributed by atoms with Crippen molar-refractivity contribution in [1.82, 2.24) is 0 Å². The summed E-state index contributed by atoms with van der Waals surface area (Å²) >= 11 is 0. The molecule has 52 heavy (non-hydrogen) atoms. The summed E-state index contributed by atoms with van der Waals surface area (Å²) in [4.78, 5) is 13.3. The van der Waals surface area contributed by atoms with E-state index in [9.17, 15) is 4.79 Å². The van der Waals surface area contributed by atoms with Crippen LogP contribution in [-0.4, -0.2) is 61.1 Å². The molecule has 4 rings (SSSR count). The van der Waals surface area contributed by atoms with Gasteiger partial charge in [0.05, 0.1) is 32.0 Å². The molecule has 8 heteroatoms. The molecule has 1 fully saturated rings. The van der Waals surface area contributed by atoms with Crippen molar-refractivity contribution in [3.63, 3.8) is 0 Å². The maximum Gasteiger partial charge on any atom is 0.261 e. The molecule has 0 bridgehead atoms. The average Bonchev–Trinajstić information content (AvgIpc) is 3.10. The van der Waals surface area contributed by atoms with Gasteiger partial charge in [-0.15, -0.1) is 0 Å². The van der Waals surface area contributed by atoms with E-state index in [0.717, 1.165) is 30.6 Å². The lowest BCUT2D eigenvalue weighted by molar-refractivity contribution is -0.143. The molecule has 1 aliphatic heterocycles. The lowest BCUT2D eigenvalue weighted by Gasteiger charge is -2.46. The normalized spacial score (nSPS) is 20.1. The van der Waals surface area contributed by atoms with Crippen LogP contribution in [0.1, 0.15) is 92.6 Å². The SMILES string of the molecule is COc1ccc(COCCCC(=O)C[C@@H]2C[C@H](O[Si](C)(C)C(C)(C)C)[C@H](C)[C@H](CCCO[Si](c3ccccc3)(c3ccccc3)C(C)(C)C)O2)cc1. The molecule has 0 aliphatic carbocycles. The molecular formula is C44H66O6Si2. The third-order valence-corrected chi connectivity index (χ3v) is 20.8. The largest absolute Gasteiger partial charge is 0.497 e. The Bertz CT molecular complexity index is 1460. The molecule has 286 valence electrons. The van der Waals surface area contributed by atoms with E-state index in [1.807, 2.05) is 24.3 Å². The zero-order chi connectivity index (χ0) is 38.0. The van der Waals surface area contributed by atoms with Gasteiger partial charge in [0.25, 0.3) is 8.32 Å². The highest BCUT2D eigenvalue weighted by Gasteiger charge is 2.50. The summed E-state index contributed by atoms with van der Waals surface area (Å²) < 4.78 is 32.2. The average molecular weight is 747 g/mol. The molecule has 4 atom stereocenters. The van der Waals surface area contributed by atoms with Gasteiger partial charge in [-0.05, 0) is 76.9 Å². The minimum Gasteiger partial charge on any atom is -0.497 e. The molecule has 1 heterocycles. The van der Waals surface area contributed by atoms with Crippen molar-refractivity contribution < 1.29 is 27.9 Å². The maximum absolute atomic E-state index is 13.3. The summed E-state index contributed by atoms with van der Waals surface area (Å²) in [6.45, 7) is 22.5. The lowest BCUT2D eigenvalue weighted by Crippen LogP contribution is -2.66. The zero-order valence-corrected chi connectivity index (χ0v) is 35.7. The number of Topliss-reactive ketones (excluding diaryl/α,β-unsaturated/α-hetero) is 1. The van der Waals surface area contributed by atoms with E-state index in [1.165, 1.54) is 10.4 Å². The van der Waals surface area contributed by atoms with Crippen LogP contribution < -0.4 is 15.1 Å². The van der Waals surface area contributed by atoms with E-state index in [0.29, 0.717) is 39.1 Å². The summed E-state index contributed by atoms with van der Waals surface area (Å²) in [7, 11) is -2.99. The molecule has 3 aromatic carbocycles. The van der Waals surface area contributed by atoms with Crippen molar-refractivity contribution in [3.8, 4) is 5.75 Å². The Kier molecular flexibility index (Phi) is 15.1. The quantitative estimate of drug-likeness (QED) is 0.0955. The minimum atomic E-state index is -2.62. The van der Waals surface area contributed by atoms with Crippen molar-refractivity contribution in [2.45, 2.75) is 135 Å². The van der Waals surface area contributed by atoms with Crippen LogP contribution in [0, 0.1) is 5.92 Å². The minimum absolute atomic E-state index is 0.00287. The molecule has 0 unspecified atom stereocenters. The topological polar surface area (TPSA) is 63.2 Å². The first-order valence-corrected chi connectivity index (χ1v) is 24.2. The highest BCUT2D eigenvalue weighted by Crippen LogP contribution is 2.42. The predicted octanol–water partition coefficient (Wildman–Crippen LogP) is 9.49. The molecule has 1 aliphatic rings. The van der Waals surface area contributed by atoms with E-state index >= 15 is 0 Å². The highest BCUT2D eigenvalue weighted by atomic mass is 28.4. The number of hydrogen-bond acceptors (Lipinski definition) is 6. The van der Waals surface area contributed by atoms with Crippen molar-refractivity contribution in [2.24, 2.45) is 5.92 Å². The van der Waals surface area contributed by atoms with Gasteiger partial charge in [0.2, 0.25) is 0 Å². The Balaban J connectivity index is 1.40. The Morgan fingerprint density at radius 2 is 1.40 bits per heavy atom. The molecule has 0 amide bonds. The van der Waals surface area contributed by atoms with Crippen molar-refractivity contribution in [2.75, 3.05) is 20.3 Å². The van der Waals surface area contributed by atoms with Crippen molar-refractivity contribution in [1.29, 1.82) is 0 Å². The van der Waals surface area contributed by atoms with Crippen LogP contribution >= 0.6 is 0 Å². The van der Waals surface area contributed by atoms with Gasteiger partial charge in [-0.25, -0.2) is 0 Å². The van der Waals surface area contributed by atoms with Crippen molar-refractivity contribution in [3.05, 3.63) is 90.5 Å². The second kappa shape index (κ2) is 18.6. The highest BCUT2D eigenvalue weighted by molar-refractivity contribution is 6.99. The fourth-order valence-corrected chi connectivity index (χ4v) is 13.3. The van der Waals surface area contributed by atoms with Crippen LogP contribution in [0.4, 0.5) is 0 Å². The van der Waals surface area contributed by atoms with Crippen molar-refractivity contribution >= 4 is 32.8 Å². The molecule has 0 spiro atoms. The second-order valence-corrected chi connectivity index (χ2v) is 26.3. The molecular weight excluding hydrogens is 681 g/mol. The molecule has 0 saturated carbocycles. The van der Waals surface area contributed by atoms with E-state index in [-0.39, 0.29) is 40.1 Å². The van der Waals surface area contributed by atoms with Crippen LogP contribution in [0.3, 0.4) is 0 Å². The molecule has 6 nitrogen and oxygen atoms in total. The van der Waals surface area contributed by atoms with Crippen LogP contribution in [0.25, 0.3) is 0 Å². The number of hydrogen-bond donors (Lipinski definition) is 0. The first-order valence-electron chi connectivity index (χ1n) is 19.4. The molecule has 1 saturated heterocycles. The lowest BCUT2D eigenvalue weighted by atomic mass is 9.86. The molecule has 0 radical (unpaired) electrons. The van der Waals surface area contributed by atoms with Crippen LogP contribution in [0.2, 0.25) is 23.2 Å². The van der Waals surface area contributed by atoms with Gasteiger partial charge in [0.15, 0.2) is 8.32 Å². The predicted molar refractivity (Wildman–Crippen MR) is 219 cm³/mol. The fraction of sp³-hybridized carbons (Fsp3) is 0.568. The first kappa shape index (κ1) is 42.1. The van der Waals surface area contributed by atoms with Gasteiger partial charge in [-0.3, -0.25) is 4.79 Å². The van der Waals surface area contributed by atoms with Crippen LogP contribution in [0.15, 0.2) is 84.9 Å². The van der Waals surface area contributed by atoms with E-state index in [1.54, 1.807) is 7.11 Å². The van der Waals surface area contributed by atoms with Gasteiger partial charge in [-0.2, -0.15) is 0 Å². The first-order chi connectivity index (χ1) is 24.6. The van der Waals surface area contributed by atoms with Gasteiger partial charge >= 0.3 is 0 Å². The van der Waals surface area contributed by atoms with E-state index < -0.39 is 16.6 Å². The number of carbonyl (C=O) groups excluding carboxylic acids is 1. The standard InChI is InChI=1S/C44H66O6Si2/c1-34-41(24-18-30-48-52(44(5,6)7,39-20-13-11-14-21-39)40-22-15-12-16-23-40)49-38(32-42(34)50-51(9,10)43(2,3)4)31-36(45)19-17-29-47-33-35-25-27-37(46-8)28-26-35/h11-16,20-23,25-28,34,38,41-42H,17-19,24,29-33H2,1-10H3/t34-,38-,41+,42+/m1/s1. The molecule has 0 aromatic heterocycles. The number of benzene rings is 3.